The van der Waals surface area contributed by atoms with E-state index in [1.54, 1.807) is 19.6 Å². The van der Waals surface area contributed by atoms with Crippen LogP contribution in [0.2, 0.25) is 0 Å². The molecule has 8 rings (SSSR count). The lowest BCUT2D eigenvalue weighted by molar-refractivity contribution is -0.0587. The number of benzene rings is 4. The van der Waals surface area contributed by atoms with Gasteiger partial charge in [0.15, 0.2) is 0 Å². The van der Waals surface area contributed by atoms with Crippen LogP contribution in [-0.4, -0.2) is 154 Å². The van der Waals surface area contributed by atoms with Crippen LogP contribution in [0, 0.1) is 0 Å². The Hall–Kier alpha value is -6.94. The number of hydrogen-bond acceptors (Lipinski definition) is 17. The number of fused-ring (bicyclic) bond motifs is 4. The third-order valence-electron chi connectivity index (χ3n) is 13.3. The van der Waals surface area contributed by atoms with Crippen LogP contribution >= 0.6 is 0 Å². The number of carbonyl (C=O) groups is 4. The molecule has 0 unspecified atom stereocenters. The summed E-state index contributed by atoms with van der Waals surface area (Å²) in [6.45, 7) is 36.5. The topological polar surface area (TPSA) is 259 Å². The highest BCUT2D eigenvalue weighted by molar-refractivity contribution is 8.00. The summed E-state index contributed by atoms with van der Waals surface area (Å²) in [5.74, 6) is 0. The van der Waals surface area contributed by atoms with Crippen LogP contribution < -0.4 is 0 Å². The van der Waals surface area contributed by atoms with Gasteiger partial charge in [0.25, 0.3) is 0 Å². The van der Waals surface area contributed by atoms with Crippen LogP contribution in [0.25, 0.3) is 0 Å². The zero-order valence-corrected chi connectivity index (χ0v) is 63.9. The number of alkyl halides is 9. The summed E-state index contributed by atoms with van der Waals surface area (Å²) in [7, 11) is -17.6. The predicted molar refractivity (Wildman–Crippen MR) is 369 cm³/mol. The Balaban J connectivity index is 0.00000119. The fraction of sp³-hybridized carbons (Fsp3) is 0.594. The number of aliphatic hydroxyl groups excluding tert-OH is 1. The Morgan fingerprint density at radius 1 is 0.333 bits per heavy atom. The van der Waals surface area contributed by atoms with Gasteiger partial charge in [-0.1, -0.05) is 125 Å². The lowest BCUT2D eigenvalue weighted by Crippen LogP contribution is -2.36. The molecule has 0 aliphatic carbocycles. The van der Waals surface area contributed by atoms with Crippen LogP contribution in [0.4, 0.5) is 58.7 Å². The number of halogens is 9. The third kappa shape index (κ3) is 35.5. The largest absolute Gasteiger partial charge is 0.524 e. The van der Waals surface area contributed by atoms with Crippen molar-refractivity contribution in [1.29, 1.82) is 0 Å². The molecule has 0 spiro atoms. The second-order valence-corrected chi connectivity index (χ2v) is 31.0. The number of nitrogens with zero attached hydrogens (tertiary/aromatic N) is 4. The number of aryl methyl sites for hydroxylation is 4. The van der Waals surface area contributed by atoms with E-state index in [0.29, 0.717) is 33.3 Å². The summed E-state index contributed by atoms with van der Waals surface area (Å²) in [6.07, 6.45) is 7.30. The molecule has 4 aliphatic rings. The monoisotopic (exact) mass is 1530 g/mol. The van der Waals surface area contributed by atoms with Crippen molar-refractivity contribution in [3.63, 3.8) is 0 Å². The number of amides is 4. The molecule has 0 saturated heterocycles. The molecule has 33 heteroatoms. The van der Waals surface area contributed by atoms with Gasteiger partial charge in [0.05, 0.1) is 7.11 Å². The SMILES string of the molecule is CC.CC.CC(C)(C)OC(=O)N1CCCc2ccccc2C1.CC(C)(C)OC(=O)N1CCCc2ccccc2C1.CC(C)(C)OC(=O)N1CCCc2ccccc2C1.CC(C)(C)OC(=O)N1CCCc2ccccc2C1.CO.COS(=O)(=O)C(F)(F)F.O=S(=O)(OS(=O)(=O)C(F)(F)F)C(F)(F)F. The lowest BCUT2D eigenvalue weighted by Gasteiger charge is -2.26. The molecule has 4 aliphatic heterocycles. The van der Waals surface area contributed by atoms with Gasteiger partial charge in [-0.25, -0.2) is 19.2 Å². The van der Waals surface area contributed by atoms with Crippen molar-refractivity contribution in [1.82, 2.24) is 19.6 Å². The normalized spacial score (nSPS) is 14.8. The Morgan fingerprint density at radius 3 is 0.637 bits per heavy atom. The van der Waals surface area contributed by atoms with Gasteiger partial charge >= 0.3 is 71.3 Å². The molecule has 0 atom stereocenters. The lowest BCUT2D eigenvalue weighted by atomic mass is 10.0. The van der Waals surface area contributed by atoms with E-state index < -0.39 is 69.3 Å². The summed E-state index contributed by atoms with van der Waals surface area (Å²) in [5.41, 5.74) is -9.18. The molecule has 1 N–H and O–H groups in total. The van der Waals surface area contributed by atoms with Crippen molar-refractivity contribution in [3.05, 3.63) is 142 Å². The van der Waals surface area contributed by atoms with Crippen LogP contribution in [0.3, 0.4) is 0 Å². The Labute approximate surface area is 596 Å². The maximum Gasteiger partial charge on any atom is 0.524 e. The Bertz CT molecular complexity index is 3190. The van der Waals surface area contributed by atoms with E-state index in [9.17, 15) is 83.9 Å². The van der Waals surface area contributed by atoms with Gasteiger partial charge < -0.3 is 43.7 Å². The van der Waals surface area contributed by atoms with Crippen LogP contribution in [0.15, 0.2) is 97.1 Å². The molecule has 21 nitrogen and oxygen atoms in total. The molecule has 0 saturated carbocycles. The summed E-state index contributed by atoms with van der Waals surface area (Å²) in [5, 5.41) is 7.00. The molecule has 0 fully saturated rings. The average molecular weight is 1530 g/mol. The molecule has 582 valence electrons. The third-order valence-corrected chi connectivity index (χ3v) is 16.8. The molecule has 0 radical (unpaired) electrons. The van der Waals surface area contributed by atoms with Crippen molar-refractivity contribution in [2.75, 3.05) is 40.4 Å². The van der Waals surface area contributed by atoms with Crippen LogP contribution in [0.5, 0.6) is 0 Å². The van der Waals surface area contributed by atoms with E-state index in [-0.39, 0.29) is 24.4 Å². The maximum absolute atomic E-state index is 12.1. The van der Waals surface area contributed by atoms with Gasteiger partial charge in [0, 0.05) is 59.5 Å². The van der Waals surface area contributed by atoms with Gasteiger partial charge in [-0.05, 0) is 179 Å². The first-order valence-electron chi connectivity index (χ1n) is 32.7. The number of aliphatic hydroxyl groups is 1. The minimum atomic E-state index is -6.85. The molecular formula is C69H103F9N4O17S3. The first-order chi connectivity index (χ1) is 46.8. The molecule has 4 heterocycles. The Morgan fingerprint density at radius 2 is 0.500 bits per heavy atom. The highest BCUT2D eigenvalue weighted by Crippen LogP contribution is 2.33. The summed E-state index contributed by atoms with van der Waals surface area (Å²) >= 11 is 0. The van der Waals surface area contributed by atoms with Crippen molar-refractivity contribution >= 4 is 54.7 Å². The van der Waals surface area contributed by atoms with Gasteiger partial charge in [-0.15, -0.1) is 3.63 Å². The van der Waals surface area contributed by atoms with Gasteiger partial charge in [-0.3, -0.25) is 4.18 Å². The van der Waals surface area contributed by atoms with Crippen LogP contribution in [-0.2, 0) is 109 Å². The second-order valence-electron chi connectivity index (χ2n) is 26.0. The smallest absolute Gasteiger partial charge is 0.444 e. The quantitative estimate of drug-likeness (QED) is 0.0865. The molecule has 4 aromatic rings. The zero-order chi connectivity index (χ0) is 79.1. The standard InChI is InChI=1S/4C15H21NO2.C2F6O5S2.C2H3F3O3S.2C2H6.CH4O/c4*1-15(2,3)18-14(17)16-10-6-9-12-7-4-5-8-13(12)11-16;3-1(4,5)14(9,10)13-15(11,12)2(6,7)8;1-8-9(6,7)2(3,4)5;3*1-2/h4*4-5,7-8H,6,9-11H2,1-3H3;;1H3;2*1-2H3;2H,1H3. The fourth-order valence-corrected chi connectivity index (χ4v) is 10.8. The molecule has 102 heavy (non-hydrogen) atoms. The molecule has 0 bridgehead atoms. The van der Waals surface area contributed by atoms with Gasteiger partial charge in [0.2, 0.25) is 0 Å². The molecule has 4 aromatic carbocycles. The van der Waals surface area contributed by atoms with Crippen LogP contribution in [0.1, 0.15) is 181 Å². The zero-order valence-electron chi connectivity index (χ0n) is 61.4. The first kappa shape index (κ1) is 95.1. The molecule has 4 amide bonds. The highest BCUT2D eigenvalue weighted by Gasteiger charge is 2.57. The fourth-order valence-electron chi connectivity index (χ4n) is 9.02. The number of hydrogen-bond donors (Lipinski definition) is 1. The summed E-state index contributed by atoms with van der Waals surface area (Å²) in [4.78, 5) is 55.5. The summed E-state index contributed by atoms with van der Waals surface area (Å²) in [6, 6.07) is 33.3. The van der Waals surface area contributed by atoms with Gasteiger partial charge in [-0.2, -0.15) is 64.8 Å². The molecular weight excluding hydrogens is 1420 g/mol. The minimum absolute atomic E-state index is 0.209. The van der Waals surface area contributed by atoms with E-state index in [1.165, 1.54) is 44.5 Å². The average Bonchev–Trinajstić information content (AvgIpc) is 0.969. The highest BCUT2D eigenvalue weighted by atomic mass is 32.3. The van der Waals surface area contributed by atoms with Crippen molar-refractivity contribution in [2.24, 2.45) is 0 Å². The van der Waals surface area contributed by atoms with Gasteiger partial charge in [0.1, 0.15) is 22.4 Å². The second kappa shape index (κ2) is 42.1. The van der Waals surface area contributed by atoms with Crippen molar-refractivity contribution in [3.8, 4) is 0 Å². The van der Waals surface area contributed by atoms with E-state index in [2.05, 4.69) is 77.0 Å². The maximum atomic E-state index is 12.1. The van der Waals surface area contributed by atoms with Crippen molar-refractivity contribution in [2.45, 2.75) is 227 Å². The minimum Gasteiger partial charge on any atom is -0.444 e. The number of ether oxygens (including phenoxy) is 4. The number of carbonyl (C=O) groups excluding carboxylic acids is 4. The Kier molecular flexibility index (Phi) is 39.3. The molecule has 0 aromatic heterocycles. The predicted octanol–water partition coefficient (Wildman–Crippen LogP) is 16.3. The number of rotatable bonds is 3. The summed E-state index contributed by atoms with van der Waals surface area (Å²) < 4.78 is 188. The van der Waals surface area contributed by atoms with E-state index >= 15 is 0 Å². The van der Waals surface area contributed by atoms with E-state index in [4.69, 9.17) is 24.1 Å². The van der Waals surface area contributed by atoms with E-state index in [0.717, 1.165) is 84.7 Å². The van der Waals surface area contributed by atoms with Crippen molar-refractivity contribution < 1.29 is 116 Å². The first-order valence-corrected chi connectivity index (χ1v) is 36.9. The van der Waals surface area contributed by atoms with E-state index in [1.807, 2.05) is 139 Å².